The van der Waals surface area contributed by atoms with Gasteiger partial charge < -0.3 is 10.2 Å². The second-order valence-corrected chi connectivity index (χ2v) is 12.4. The van der Waals surface area contributed by atoms with Gasteiger partial charge in [0.25, 0.3) is 0 Å². The standard InChI is InChI=1S/C25H36O5S/c1-13-16(12-20(23(29)30)31-14(2)26)22-17-5-6-21(28)25(17,4)10-8-18(22)24(3)9-7-15(27)11-19(13)24/h11,13,16-18,20-22,28H,5-10,12H2,1-4H3,(H,29,30)/t13?,16?,17-,18+,20?,21?,22-,24+,25-/m0/s1. The lowest BCUT2D eigenvalue weighted by molar-refractivity contribution is -0.139. The van der Waals surface area contributed by atoms with Crippen molar-refractivity contribution in [1.82, 2.24) is 0 Å². The van der Waals surface area contributed by atoms with Crippen molar-refractivity contribution in [1.29, 1.82) is 0 Å². The summed E-state index contributed by atoms with van der Waals surface area (Å²) in [6.45, 7) is 8.14. The molecule has 2 N–H and O–H groups in total. The lowest BCUT2D eigenvalue weighted by atomic mass is 9.42. The van der Waals surface area contributed by atoms with Crippen LogP contribution in [0.4, 0.5) is 0 Å². The van der Waals surface area contributed by atoms with Gasteiger partial charge in [0.2, 0.25) is 0 Å². The van der Waals surface area contributed by atoms with E-state index in [4.69, 9.17) is 0 Å². The largest absolute Gasteiger partial charge is 0.480 e. The van der Waals surface area contributed by atoms with Gasteiger partial charge in [0, 0.05) is 13.3 Å². The van der Waals surface area contributed by atoms with Gasteiger partial charge in [-0.3, -0.25) is 14.4 Å². The summed E-state index contributed by atoms with van der Waals surface area (Å²) in [4.78, 5) is 36.2. The molecule has 4 rings (SSSR count). The molecular weight excluding hydrogens is 412 g/mol. The van der Waals surface area contributed by atoms with E-state index in [9.17, 15) is 24.6 Å². The first-order valence-corrected chi connectivity index (χ1v) is 12.7. The number of thioether (sulfide) groups is 1. The van der Waals surface area contributed by atoms with Gasteiger partial charge in [-0.25, -0.2) is 0 Å². The molecule has 0 aromatic rings. The molecule has 0 aromatic carbocycles. The highest BCUT2D eigenvalue weighted by Crippen LogP contribution is 2.68. The predicted molar refractivity (Wildman–Crippen MR) is 120 cm³/mol. The highest BCUT2D eigenvalue weighted by molar-refractivity contribution is 8.14. The van der Waals surface area contributed by atoms with Gasteiger partial charge in [0.05, 0.1) is 6.10 Å². The van der Waals surface area contributed by atoms with Gasteiger partial charge in [0.1, 0.15) is 5.25 Å². The molecule has 0 heterocycles. The Hall–Kier alpha value is -1.14. The molecule has 3 saturated carbocycles. The van der Waals surface area contributed by atoms with Crippen LogP contribution in [0.2, 0.25) is 0 Å². The number of rotatable bonds is 4. The average Bonchev–Trinajstić information content (AvgIpc) is 3.00. The van der Waals surface area contributed by atoms with Crippen LogP contribution in [0.1, 0.15) is 72.6 Å². The molecule has 0 spiro atoms. The number of hydrogen-bond donors (Lipinski definition) is 2. The summed E-state index contributed by atoms with van der Waals surface area (Å²) in [5.41, 5.74) is 1.05. The van der Waals surface area contributed by atoms with E-state index in [-0.39, 0.29) is 39.7 Å². The Morgan fingerprint density at radius 1 is 1.19 bits per heavy atom. The summed E-state index contributed by atoms with van der Waals surface area (Å²) in [6.07, 6.45) is 7.25. The SMILES string of the molecule is CC(=O)SC(CC1C(C)C2=CC(=O)CC[C@]2(C)[C@@H]2CC[C@]3(C)C(O)CC[C@H]3[C@H]12)C(=O)O. The van der Waals surface area contributed by atoms with Crippen LogP contribution < -0.4 is 0 Å². The summed E-state index contributed by atoms with van der Waals surface area (Å²) >= 11 is 0.922. The maximum Gasteiger partial charge on any atom is 0.317 e. The number of fused-ring (bicyclic) bond motifs is 5. The number of carbonyl (C=O) groups excluding carboxylic acids is 2. The van der Waals surface area contributed by atoms with E-state index in [1.165, 1.54) is 12.5 Å². The molecule has 0 radical (unpaired) electrons. The van der Waals surface area contributed by atoms with Crippen molar-refractivity contribution < 1.29 is 24.6 Å². The zero-order valence-corrected chi connectivity index (χ0v) is 19.9. The fourth-order valence-corrected chi connectivity index (χ4v) is 8.89. The first-order valence-electron chi connectivity index (χ1n) is 11.8. The van der Waals surface area contributed by atoms with Crippen LogP contribution in [0, 0.1) is 40.4 Å². The smallest absolute Gasteiger partial charge is 0.317 e. The van der Waals surface area contributed by atoms with E-state index in [0.29, 0.717) is 30.6 Å². The Kier molecular flexibility index (Phi) is 5.96. The van der Waals surface area contributed by atoms with Crippen LogP contribution in [0.15, 0.2) is 11.6 Å². The Bertz CT molecular complexity index is 821. The van der Waals surface area contributed by atoms with Crippen molar-refractivity contribution in [2.24, 2.45) is 40.4 Å². The van der Waals surface area contributed by atoms with Crippen LogP contribution in [0.3, 0.4) is 0 Å². The van der Waals surface area contributed by atoms with E-state index in [2.05, 4.69) is 20.8 Å². The minimum Gasteiger partial charge on any atom is -0.480 e. The molecule has 0 amide bonds. The Balaban J connectivity index is 1.78. The molecule has 0 aliphatic heterocycles. The minimum absolute atomic E-state index is 0.0319. The maximum atomic E-state index is 12.4. The van der Waals surface area contributed by atoms with E-state index >= 15 is 0 Å². The van der Waals surface area contributed by atoms with Gasteiger partial charge in [-0.2, -0.15) is 0 Å². The second-order valence-electron chi connectivity index (χ2n) is 11.0. The molecule has 4 aliphatic carbocycles. The molecule has 9 atom stereocenters. The minimum atomic E-state index is -0.934. The van der Waals surface area contributed by atoms with Gasteiger partial charge in [-0.05, 0) is 85.0 Å². The average molecular weight is 449 g/mol. The summed E-state index contributed by atoms with van der Waals surface area (Å²) < 4.78 is 0. The zero-order valence-electron chi connectivity index (χ0n) is 19.1. The van der Waals surface area contributed by atoms with Gasteiger partial charge in [-0.15, -0.1) is 0 Å². The molecule has 31 heavy (non-hydrogen) atoms. The summed E-state index contributed by atoms with van der Waals surface area (Å²) in [5, 5.41) is 19.8. The van der Waals surface area contributed by atoms with E-state index in [0.717, 1.165) is 43.9 Å². The molecular formula is C25H36O5S. The first kappa shape index (κ1) is 23.0. The molecule has 172 valence electrons. The maximum absolute atomic E-state index is 12.4. The lowest BCUT2D eigenvalue weighted by Crippen LogP contribution is -2.57. The van der Waals surface area contributed by atoms with Crippen LogP contribution in [-0.4, -0.2) is 38.4 Å². The Morgan fingerprint density at radius 3 is 2.55 bits per heavy atom. The molecule has 4 aliphatic rings. The van der Waals surface area contributed by atoms with Crippen LogP contribution in [-0.2, 0) is 14.4 Å². The van der Waals surface area contributed by atoms with Gasteiger partial charge in [0.15, 0.2) is 10.9 Å². The number of allylic oxidation sites excluding steroid dienone is 1. The molecule has 5 nitrogen and oxygen atoms in total. The first-order chi connectivity index (χ1) is 14.5. The van der Waals surface area contributed by atoms with Crippen LogP contribution in [0.5, 0.6) is 0 Å². The van der Waals surface area contributed by atoms with Crippen molar-refractivity contribution in [3.63, 3.8) is 0 Å². The quantitative estimate of drug-likeness (QED) is 0.659. The molecule has 0 saturated heterocycles. The zero-order chi connectivity index (χ0) is 22.7. The Morgan fingerprint density at radius 2 is 1.90 bits per heavy atom. The lowest BCUT2D eigenvalue weighted by Gasteiger charge is -2.62. The topological polar surface area (TPSA) is 91.7 Å². The third-order valence-electron chi connectivity index (χ3n) is 9.66. The fourth-order valence-electron chi connectivity index (χ4n) is 8.07. The molecule has 0 aromatic heterocycles. The summed E-state index contributed by atoms with van der Waals surface area (Å²) in [5.74, 6) is 0.519. The van der Waals surface area contributed by atoms with E-state index in [1.807, 2.05) is 6.08 Å². The van der Waals surface area contributed by atoms with E-state index in [1.54, 1.807) is 0 Å². The number of carboxylic acids is 1. The number of carbonyl (C=O) groups is 3. The van der Waals surface area contributed by atoms with Gasteiger partial charge >= 0.3 is 5.97 Å². The van der Waals surface area contributed by atoms with Crippen molar-refractivity contribution in [3.05, 3.63) is 11.6 Å². The van der Waals surface area contributed by atoms with Crippen LogP contribution in [0.25, 0.3) is 0 Å². The molecule has 0 bridgehead atoms. The normalized spacial score (nSPS) is 45.2. The second kappa shape index (κ2) is 8.02. The highest BCUT2D eigenvalue weighted by Gasteiger charge is 2.62. The number of ketones is 1. The van der Waals surface area contributed by atoms with Crippen LogP contribution >= 0.6 is 11.8 Å². The predicted octanol–water partition coefficient (Wildman–Crippen LogP) is 4.47. The number of carboxylic acid groups (broad SMARTS) is 1. The number of aliphatic carboxylic acids is 1. The number of hydrogen-bond acceptors (Lipinski definition) is 5. The number of aliphatic hydroxyl groups is 1. The van der Waals surface area contributed by atoms with Gasteiger partial charge in [-0.1, -0.05) is 38.1 Å². The highest BCUT2D eigenvalue weighted by atomic mass is 32.2. The monoisotopic (exact) mass is 448 g/mol. The van der Waals surface area contributed by atoms with Crippen molar-refractivity contribution in [2.75, 3.05) is 0 Å². The summed E-state index contributed by atoms with van der Waals surface area (Å²) in [7, 11) is 0. The summed E-state index contributed by atoms with van der Waals surface area (Å²) in [6, 6.07) is 0. The third kappa shape index (κ3) is 3.62. The van der Waals surface area contributed by atoms with Crippen molar-refractivity contribution >= 4 is 28.6 Å². The van der Waals surface area contributed by atoms with E-state index < -0.39 is 11.2 Å². The third-order valence-corrected chi connectivity index (χ3v) is 10.7. The molecule has 6 heteroatoms. The fraction of sp³-hybridized carbons (Fsp3) is 0.800. The molecule has 4 unspecified atom stereocenters. The van der Waals surface area contributed by atoms with Crippen molar-refractivity contribution in [2.45, 2.75) is 84.0 Å². The Labute approximate surface area is 189 Å². The number of aliphatic hydroxyl groups excluding tert-OH is 1. The molecule has 3 fully saturated rings. The van der Waals surface area contributed by atoms with Crippen molar-refractivity contribution in [3.8, 4) is 0 Å².